The van der Waals surface area contributed by atoms with Crippen LogP contribution in [0.2, 0.25) is 0 Å². The third-order valence-electron chi connectivity index (χ3n) is 3.91. The van der Waals surface area contributed by atoms with Gasteiger partial charge in [-0.1, -0.05) is 20.8 Å². The van der Waals surface area contributed by atoms with Crippen LogP contribution in [-0.2, 0) is 12.0 Å². The van der Waals surface area contributed by atoms with Crippen LogP contribution in [0.1, 0.15) is 58.9 Å². The first-order valence-corrected chi connectivity index (χ1v) is 6.16. The predicted octanol–water partition coefficient (Wildman–Crippen LogP) is 3.15. The van der Waals surface area contributed by atoms with Gasteiger partial charge in [-0.3, -0.25) is 4.79 Å². The summed E-state index contributed by atoms with van der Waals surface area (Å²) in [7, 11) is 0. The first kappa shape index (κ1) is 12.2. The zero-order chi connectivity index (χ0) is 13.0. The van der Waals surface area contributed by atoms with Gasteiger partial charge in [0, 0.05) is 12.1 Å². The number of fused-ring (bicyclic) bond motifs is 1. The van der Waals surface area contributed by atoms with Gasteiger partial charge in [-0.25, -0.2) is 0 Å². The van der Waals surface area contributed by atoms with E-state index in [-0.39, 0.29) is 11.3 Å². The standard InChI is InChI=1S/C15H21NO/c1-8-9(2)11-7-16-14(17)12(11)13(10(8)3)15(4,5)6/h7H2,1-6H3,(H,16,17). The number of amides is 1. The zero-order valence-corrected chi connectivity index (χ0v) is 11.6. The average molecular weight is 231 g/mol. The maximum Gasteiger partial charge on any atom is 0.252 e. The van der Waals surface area contributed by atoms with E-state index in [1.165, 1.54) is 27.8 Å². The maximum absolute atomic E-state index is 12.0. The van der Waals surface area contributed by atoms with E-state index in [1.807, 2.05) is 0 Å². The van der Waals surface area contributed by atoms with Gasteiger partial charge in [0.25, 0.3) is 5.91 Å². The zero-order valence-electron chi connectivity index (χ0n) is 11.6. The summed E-state index contributed by atoms with van der Waals surface area (Å²) < 4.78 is 0. The Labute approximate surface area is 103 Å². The van der Waals surface area contributed by atoms with Gasteiger partial charge >= 0.3 is 0 Å². The van der Waals surface area contributed by atoms with Crippen molar-refractivity contribution in [2.24, 2.45) is 0 Å². The molecule has 0 bridgehead atoms. The molecule has 1 aliphatic rings. The lowest BCUT2D eigenvalue weighted by atomic mass is 9.77. The molecule has 2 nitrogen and oxygen atoms in total. The van der Waals surface area contributed by atoms with Crippen molar-refractivity contribution < 1.29 is 4.79 Å². The molecule has 0 fully saturated rings. The lowest BCUT2D eigenvalue weighted by Gasteiger charge is -2.27. The molecule has 2 rings (SSSR count). The van der Waals surface area contributed by atoms with E-state index in [9.17, 15) is 4.79 Å². The molecule has 0 aliphatic carbocycles. The number of carbonyl (C=O) groups is 1. The topological polar surface area (TPSA) is 29.1 Å². The molecule has 1 N–H and O–H groups in total. The fourth-order valence-electron chi connectivity index (χ4n) is 2.89. The molecule has 0 spiro atoms. The largest absolute Gasteiger partial charge is 0.348 e. The fraction of sp³-hybridized carbons (Fsp3) is 0.533. The molecular weight excluding hydrogens is 210 g/mol. The Balaban J connectivity index is 2.89. The summed E-state index contributed by atoms with van der Waals surface area (Å²) in [5.74, 6) is 0.0936. The van der Waals surface area contributed by atoms with Gasteiger partial charge in [-0.15, -0.1) is 0 Å². The minimum atomic E-state index is 0.00824. The lowest BCUT2D eigenvalue weighted by Crippen LogP contribution is -2.21. The molecule has 1 amide bonds. The molecule has 2 heteroatoms. The molecule has 0 aromatic heterocycles. The number of hydrogen-bond acceptors (Lipinski definition) is 1. The predicted molar refractivity (Wildman–Crippen MR) is 70.5 cm³/mol. The molecule has 1 heterocycles. The third kappa shape index (κ3) is 1.67. The fourth-order valence-corrected chi connectivity index (χ4v) is 2.89. The SMILES string of the molecule is Cc1c(C)c2c(c(C(C)(C)C)c1C)C(=O)NC2. The minimum absolute atomic E-state index is 0.00824. The van der Waals surface area contributed by atoms with Gasteiger partial charge < -0.3 is 5.32 Å². The van der Waals surface area contributed by atoms with Crippen LogP contribution in [0.4, 0.5) is 0 Å². The number of hydrogen-bond donors (Lipinski definition) is 1. The van der Waals surface area contributed by atoms with Crippen molar-refractivity contribution in [3.05, 3.63) is 33.4 Å². The molecule has 1 aromatic rings. The highest BCUT2D eigenvalue weighted by atomic mass is 16.1. The van der Waals surface area contributed by atoms with Crippen LogP contribution in [-0.4, -0.2) is 5.91 Å². The molecule has 0 radical (unpaired) electrons. The number of nitrogens with one attached hydrogen (secondary N) is 1. The Morgan fingerprint density at radius 2 is 1.59 bits per heavy atom. The summed E-state index contributed by atoms with van der Waals surface area (Å²) in [5.41, 5.74) is 7.21. The summed E-state index contributed by atoms with van der Waals surface area (Å²) in [5, 5.41) is 2.95. The Kier molecular flexibility index (Phi) is 2.57. The van der Waals surface area contributed by atoms with Gasteiger partial charge in [0.05, 0.1) is 0 Å². The van der Waals surface area contributed by atoms with E-state index in [0.29, 0.717) is 6.54 Å². The first-order chi connectivity index (χ1) is 7.75. The van der Waals surface area contributed by atoms with Crippen LogP contribution in [0.5, 0.6) is 0 Å². The lowest BCUT2D eigenvalue weighted by molar-refractivity contribution is 0.0963. The Morgan fingerprint density at radius 1 is 1.00 bits per heavy atom. The molecule has 0 saturated carbocycles. The second kappa shape index (κ2) is 3.59. The molecule has 0 saturated heterocycles. The Hall–Kier alpha value is -1.31. The minimum Gasteiger partial charge on any atom is -0.348 e. The van der Waals surface area contributed by atoms with Crippen molar-refractivity contribution in [3.63, 3.8) is 0 Å². The van der Waals surface area contributed by atoms with Crippen LogP contribution in [0.15, 0.2) is 0 Å². The van der Waals surface area contributed by atoms with Crippen LogP contribution in [0, 0.1) is 20.8 Å². The number of benzene rings is 1. The second-order valence-electron chi connectivity index (χ2n) is 6.04. The van der Waals surface area contributed by atoms with E-state index in [0.717, 1.165) is 5.56 Å². The smallest absolute Gasteiger partial charge is 0.252 e. The Bertz CT molecular complexity index is 507. The van der Waals surface area contributed by atoms with E-state index in [2.05, 4.69) is 46.9 Å². The summed E-state index contributed by atoms with van der Waals surface area (Å²) in [6, 6.07) is 0. The van der Waals surface area contributed by atoms with Crippen molar-refractivity contribution >= 4 is 5.91 Å². The quantitative estimate of drug-likeness (QED) is 0.730. The molecule has 92 valence electrons. The summed E-state index contributed by atoms with van der Waals surface area (Å²) >= 11 is 0. The van der Waals surface area contributed by atoms with E-state index >= 15 is 0 Å². The van der Waals surface area contributed by atoms with E-state index < -0.39 is 0 Å². The summed E-state index contributed by atoms with van der Waals surface area (Å²) in [6.07, 6.45) is 0. The van der Waals surface area contributed by atoms with Gasteiger partial charge in [-0.2, -0.15) is 0 Å². The maximum atomic E-state index is 12.0. The highest BCUT2D eigenvalue weighted by Gasteiger charge is 2.32. The van der Waals surface area contributed by atoms with Crippen LogP contribution in [0.3, 0.4) is 0 Å². The molecule has 0 unspecified atom stereocenters. The average Bonchev–Trinajstić information content (AvgIpc) is 2.56. The highest BCUT2D eigenvalue weighted by Crippen LogP contribution is 2.37. The normalized spacial score (nSPS) is 14.8. The van der Waals surface area contributed by atoms with E-state index in [4.69, 9.17) is 0 Å². The molecule has 0 atom stereocenters. The Morgan fingerprint density at radius 3 is 2.12 bits per heavy atom. The monoisotopic (exact) mass is 231 g/mol. The molecule has 17 heavy (non-hydrogen) atoms. The van der Waals surface area contributed by atoms with Gasteiger partial charge in [0.1, 0.15) is 0 Å². The van der Waals surface area contributed by atoms with E-state index in [1.54, 1.807) is 0 Å². The van der Waals surface area contributed by atoms with Crippen molar-refractivity contribution in [1.82, 2.24) is 5.32 Å². The van der Waals surface area contributed by atoms with Crippen molar-refractivity contribution in [2.45, 2.75) is 53.5 Å². The summed E-state index contributed by atoms with van der Waals surface area (Å²) in [6.45, 7) is 13.6. The van der Waals surface area contributed by atoms with Crippen molar-refractivity contribution in [2.75, 3.05) is 0 Å². The van der Waals surface area contributed by atoms with Crippen molar-refractivity contribution in [1.29, 1.82) is 0 Å². The molecular formula is C15H21NO. The van der Waals surface area contributed by atoms with Gasteiger partial charge in [0.2, 0.25) is 0 Å². The van der Waals surface area contributed by atoms with Gasteiger partial charge in [-0.05, 0) is 54.0 Å². The first-order valence-electron chi connectivity index (χ1n) is 6.16. The van der Waals surface area contributed by atoms with Crippen LogP contribution >= 0.6 is 0 Å². The number of rotatable bonds is 0. The highest BCUT2D eigenvalue weighted by molar-refractivity contribution is 6.01. The van der Waals surface area contributed by atoms with Gasteiger partial charge in [0.15, 0.2) is 0 Å². The van der Waals surface area contributed by atoms with Crippen molar-refractivity contribution in [3.8, 4) is 0 Å². The second-order valence-corrected chi connectivity index (χ2v) is 6.04. The van der Waals surface area contributed by atoms with Crippen LogP contribution in [0.25, 0.3) is 0 Å². The molecule has 1 aliphatic heterocycles. The number of carbonyl (C=O) groups excluding carboxylic acids is 1. The molecule has 1 aromatic carbocycles. The third-order valence-corrected chi connectivity index (χ3v) is 3.91. The summed E-state index contributed by atoms with van der Waals surface area (Å²) in [4.78, 5) is 12.0. The van der Waals surface area contributed by atoms with Crippen LogP contribution < -0.4 is 5.32 Å².